The Morgan fingerprint density at radius 1 is 0.762 bits per heavy atom. The van der Waals surface area contributed by atoms with Crippen molar-refractivity contribution in [3.8, 4) is 34.5 Å². The molecule has 2 aliphatic rings. The van der Waals surface area contributed by atoms with Crippen LogP contribution in [-0.4, -0.2) is 102 Å². The van der Waals surface area contributed by atoms with Crippen LogP contribution in [0.2, 0.25) is 0 Å². The number of aliphatic hydroxyl groups excluding tert-OH is 1. The molecule has 2 heterocycles. The maximum atomic E-state index is 13.2. The zero-order valence-electron chi connectivity index (χ0n) is 24.7. The fourth-order valence-corrected chi connectivity index (χ4v) is 5.61. The average molecular weight is 588 g/mol. The SMILES string of the molecule is COc1cc(/C=C/C(=O)OC2CC3C(O)C(OC(=O)c4cc(OC)c(OC)c(OC)c4)C(C2)N3C)cc(OC)c1OC. The first-order valence-electron chi connectivity index (χ1n) is 13.3. The molecule has 0 radical (unpaired) electrons. The number of methoxy groups -OCH3 is 6. The molecule has 2 fully saturated rings. The highest BCUT2D eigenvalue weighted by molar-refractivity contribution is 5.91. The van der Waals surface area contributed by atoms with Crippen LogP contribution >= 0.6 is 0 Å². The van der Waals surface area contributed by atoms with Crippen LogP contribution in [-0.2, 0) is 14.3 Å². The lowest BCUT2D eigenvalue weighted by molar-refractivity contribution is -0.146. The molecule has 2 aliphatic heterocycles. The van der Waals surface area contributed by atoms with E-state index in [-0.39, 0.29) is 17.6 Å². The third-order valence-electron chi connectivity index (χ3n) is 7.69. The molecular formula is C30H37NO11. The lowest BCUT2D eigenvalue weighted by Crippen LogP contribution is -2.46. The van der Waals surface area contributed by atoms with Crippen molar-refractivity contribution in [3.05, 3.63) is 41.5 Å². The Morgan fingerprint density at radius 2 is 1.26 bits per heavy atom. The standard InChI is InChI=1S/C30H37NO11/c1-31-19-14-18(41-25(32)9-8-16-10-21(35-2)28(39-6)22(11-16)36-3)15-20(31)27(26(19)33)42-30(34)17-12-23(37-4)29(40-7)24(13-17)38-5/h8-13,18-20,26-27,33H,14-15H2,1-7H3/b9-8+. The smallest absolute Gasteiger partial charge is 0.338 e. The molecular weight excluding hydrogens is 550 g/mol. The Kier molecular flexibility index (Phi) is 9.69. The number of hydrogen-bond donors (Lipinski definition) is 1. The summed E-state index contributed by atoms with van der Waals surface area (Å²) in [4.78, 5) is 27.9. The van der Waals surface area contributed by atoms with Crippen LogP contribution in [0.25, 0.3) is 6.08 Å². The highest BCUT2D eigenvalue weighted by atomic mass is 16.6. The largest absolute Gasteiger partial charge is 0.493 e. The minimum atomic E-state index is -0.968. The Balaban J connectivity index is 1.44. The topological polar surface area (TPSA) is 131 Å². The fraction of sp³-hybridized carbons (Fsp3) is 0.467. The summed E-state index contributed by atoms with van der Waals surface area (Å²) in [7, 11) is 10.8. The van der Waals surface area contributed by atoms with E-state index in [9.17, 15) is 14.7 Å². The average Bonchev–Trinajstić information content (AvgIpc) is 3.12. The van der Waals surface area contributed by atoms with Gasteiger partial charge in [-0.15, -0.1) is 0 Å². The Morgan fingerprint density at radius 3 is 1.76 bits per heavy atom. The lowest BCUT2D eigenvalue weighted by atomic mass is 10.00. The van der Waals surface area contributed by atoms with Gasteiger partial charge in [0.15, 0.2) is 23.0 Å². The van der Waals surface area contributed by atoms with E-state index >= 15 is 0 Å². The molecule has 0 amide bonds. The number of ether oxygens (including phenoxy) is 8. The summed E-state index contributed by atoms with van der Waals surface area (Å²) < 4.78 is 43.6. The lowest BCUT2D eigenvalue weighted by Gasteiger charge is -2.35. The van der Waals surface area contributed by atoms with Gasteiger partial charge in [0.1, 0.15) is 18.3 Å². The van der Waals surface area contributed by atoms with E-state index in [0.29, 0.717) is 52.9 Å². The van der Waals surface area contributed by atoms with E-state index in [1.54, 1.807) is 18.2 Å². The van der Waals surface area contributed by atoms with Crippen LogP contribution in [0.15, 0.2) is 30.3 Å². The van der Waals surface area contributed by atoms with Gasteiger partial charge in [0.25, 0.3) is 0 Å². The third kappa shape index (κ3) is 6.04. The highest BCUT2D eigenvalue weighted by Crippen LogP contribution is 2.41. The monoisotopic (exact) mass is 587 g/mol. The summed E-state index contributed by atoms with van der Waals surface area (Å²) >= 11 is 0. The number of piperidine rings is 1. The molecule has 0 spiro atoms. The zero-order chi connectivity index (χ0) is 30.6. The maximum absolute atomic E-state index is 13.2. The highest BCUT2D eigenvalue weighted by Gasteiger charge is 2.54. The number of carbonyl (C=O) groups excluding carboxylic acids is 2. The van der Waals surface area contributed by atoms with Crippen molar-refractivity contribution in [2.45, 2.75) is 43.2 Å². The van der Waals surface area contributed by atoms with Gasteiger partial charge < -0.3 is 43.0 Å². The van der Waals surface area contributed by atoms with Crippen molar-refractivity contribution < 1.29 is 52.6 Å². The van der Waals surface area contributed by atoms with E-state index < -0.39 is 30.3 Å². The summed E-state index contributed by atoms with van der Waals surface area (Å²) in [5, 5.41) is 11.1. The van der Waals surface area contributed by atoms with Gasteiger partial charge in [0, 0.05) is 25.0 Å². The number of aliphatic hydroxyl groups is 1. The minimum Gasteiger partial charge on any atom is -0.493 e. The predicted octanol–water partition coefficient (Wildman–Crippen LogP) is 2.73. The van der Waals surface area contributed by atoms with Crippen LogP contribution in [0.1, 0.15) is 28.8 Å². The van der Waals surface area contributed by atoms with E-state index in [2.05, 4.69) is 0 Å². The van der Waals surface area contributed by atoms with Crippen LogP contribution in [0.3, 0.4) is 0 Å². The number of likely N-dealkylation sites (N-methyl/N-ethyl adjacent to an activating group) is 1. The van der Waals surface area contributed by atoms with Gasteiger partial charge in [-0.2, -0.15) is 0 Å². The normalized spacial score (nSPS) is 23.3. The van der Waals surface area contributed by atoms with Gasteiger partial charge in [-0.05, 0) is 43.0 Å². The molecule has 0 saturated carbocycles. The zero-order valence-corrected chi connectivity index (χ0v) is 24.7. The number of fused-ring (bicyclic) bond motifs is 2. The second kappa shape index (κ2) is 13.2. The second-order valence-corrected chi connectivity index (χ2v) is 9.90. The van der Waals surface area contributed by atoms with E-state index in [1.807, 2.05) is 11.9 Å². The number of esters is 2. The van der Waals surface area contributed by atoms with E-state index in [4.69, 9.17) is 37.9 Å². The van der Waals surface area contributed by atoms with Gasteiger partial charge in [0.05, 0.1) is 54.3 Å². The molecule has 2 aromatic carbocycles. The number of hydrogen-bond acceptors (Lipinski definition) is 12. The third-order valence-corrected chi connectivity index (χ3v) is 7.69. The van der Waals surface area contributed by atoms with Gasteiger partial charge in [0.2, 0.25) is 11.5 Å². The molecule has 5 atom stereocenters. The molecule has 12 heteroatoms. The van der Waals surface area contributed by atoms with E-state index in [1.165, 1.54) is 60.9 Å². The summed E-state index contributed by atoms with van der Waals surface area (Å²) in [6, 6.07) is 5.69. The molecule has 228 valence electrons. The Hall–Kier alpha value is -4.16. The quantitative estimate of drug-likeness (QED) is 0.306. The van der Waals surface area contributed by atoms with Crippen molar-refractivity contribution in [1.29, 1.82) is 0 Å². The summed E-state index contributed by atoms with van der Waals surface area (Å²) in [5.74, 6) is 1.11. The summed E-state index contributed by atoms with van der Waals surface area (Å²) in [6.45, 7) is 0. The molecule has 12 nitrogen and oxygen atoms in total. The Labute approximate surface area is 244 Å². The van der Waals surface area contributed by atoms with Gasteiger partial charge >= 0.3 is 11.9 Å². The predicted molar refractivity (Wildman–Crippen MR) is 151 cm³/mol. The molecule has 2 bridgehead atoms. The number of benzene rings is 2. The van der Waals surface area contributed by atoms with Crippen molar-refractivity contribution in [1.82, 2.24) is 4.90 Å². The number of rotatable bonds is 11. The molecule has 42 heavy (non-hydrogen) atoms. The van der Waals surface area contributed by atoms with Crippen LogP contribution < -0.4 is 28.4 Å². The van der Waals surface area contributed by atoms with Crippen molar-refractivity contribution in [3.63, 3.8) is 0 Å². The summed E-state index contributed by atoms with van der Waals surface area (Å²) in [6.07, 6.45) is 1.39. The molecule has 4 rings (SSSR count). The van der Waals surface area contributed by atoms with Crippen LogP contribution in [0, 0.1) is 0 Å². The van der Waals surface area contributed by atoms with Crippen LogP contribution in [0.4, 0.5) is 0 Å². The molecule has 2 saturated heterocycles. The summed E-state index contributed by atoms with van der Waals surface area (Å²) in [5.41, 5.74) is 0.833. The first kappa shape index (κ1) is 30.8. The first-order valence-corrected chi connectivity index (χ1v) is 13.3. The molecule has 1 N–H and O–H groups in total. The molecule has 0 aromatic heterocycles. The second-order valence-electron chi connectivity index (χ2n) is 9.90. The van der Waals surface area contributed by atoms with Crippen molar-refractivity contribution >= 4 is 18.0 Å². The Bertz CT molecular complexity index is 1280. The molecule has 2 aromatic rings. The minimum absolute atomic E-state index is 0.181. The van der Waals surface area contributed by atoms with Crippen molar-refractivity contribution in [2.75, 3.05) is 49.7 Å². The number of nitrogens with zero attached hydrogens (tertiary/aromatic N) is 1. The first-order chi connectivity index (χ1) is 20.2. The van der Waals surface area contributed by atoms with E-state index in [0.717, 1.165) is 0 Å². The van der Waals surface area contributed by atoms with Gasteiger partial charge in [-0.25, -0.2) is 9.59 Å². The molecule has 0 aliphatic carbocycles. The van der Waals surface area contributed by atoms with Crippen molar-refractivity contribution in [2.24, 2.45) is 0 Å². The van der Waals surface area contributed by atoms with Crippen LogP contribution in [0.5, 0.6) is 34.5 Å². The van der Waals surface area contributed by atoms with Gasteiger partial charge in [-0.3, -0.25) is 4.90 Å². The maximum Gasteiger partial charge on any atom is 0.338 e. The molecule has 5 unspecified atom stereocenters. The number of carbonyl (C=O) groups is 2. The van der Waals surface area contributed by atoms with Gasteiger partial charge in [-0.1, -0.05) is 0 Å². The fourth-order valence-electron chi connectivity index (χ4n) is 5.61.